The zero-order valence-electron chi connectivity index (χ0n) is 7.88. The molecular formula is C9H14O3. The number of methoxy groups -OCH3 is 1. The molecule has 3 heteroatoms. The minimum atomic E-state index is -0.332. The number of hydrogen-bond acceptors (Lipinski definition) is 3. The zero-order chi connectivity index (χ0) is 9.56. The van der Waals surface area contributed by atoms with E-state index >= 15 is 0 Å². The quantitative estimate of drug-likeness (QED) is 0.369. The Morgan fingerprint density at radius 2 is 1.92 bits per heavy atom. The highest BCUT2D eigenvalue weighted by Crippen LogP contribution is 2.09. The van der Waals surface area contributed by atoms with Crippen molar-refractivity contribution in [2.24, 2.45) is 0 Å². The Bertz CT molecular complexity index is 214. The molecule has 0 radical (unpaired) electrons. The topological polar surface area (TPSA) is 35.5 Å². The fraction of sp³-hybridized carbons (Fsp3) is 0.444. The van der Waals surface area contributed by atoms with Gasteiger partial charge in [-0.15, -0.1) is 0 Å². The van der Waals surface area contributed by atoms with Gasteiger partial charge in [-0.2, -0.15) is 0 Å². The SMILES string of the molecule is C/C=C(OC)/C(C)=C/OC(C)=O. The third-order valence-electron chi connectivity index (χ3n) is 1.27. The average Bonchev–Trinajstić information content (AvgIpc) is 2.03. The van der Waals surface area contributed by atoms with E-state index in [2.05, 4.69) is 4.74 Å². The lowest BCUT2D eigenvalue weighted by Crippen LogP contribution is -1.94. The van der Waals surface area contributed by atoms with Crippen LogP contribution in [0.2, 0.25) is 0 Å². The smallest absolute Gasteiger partial charge is 0.307 e. The van der Waals surface area contributed by atoms with Gasteiger partial charge < -0.3 is 9.47 Å². The Balaban J connectivity index is 4.25. The van der Waals surface area contributed by atoms with Crippen molar-refractivity contribution in [3.8, 4) is 0 Å². The molecule has 0 aliphatic heterocycles. The number of hydrogen-bond donors (Lipinski definition) is 0. The molecule has 0 saturated heterocycles. The predicted octanol–water partition coefficient (Wildman–Crippen LogP) is 2.00. The van der Waals surface area contributed by atoms with Crippen molar-refractivity contribution < 1.29 is 14.3 Å². The largest absolute Gasteiger partial charge is 0.497 e. The van der Waals surface area contributed by atoms with E-state index in [0.717, 1.165) is 5.57 Å². The normalized spacial score (nSPS) is 12.7. The Morgan fingerprint density at radius 3 is 2.25 bits per heavy atom. The summed E-state index contributed by atoms with van der Waals surface area (Å²) in [5.74, 6) is 0.372. The first-order valence-electron chi connectivity index (χ1n) is 3.66. The molecule has 3 nitrogen and oxygen atoms in total. The Kier molecular flexibility index (Phi) is 4.84. The van der Waals surface area contributed by atoms with Crippen LogP contribution in [0.15, 0.2) is 23.7 Å². The summed E-state index contributed by atoms with van der Waals surface area (Å²) in [4.78, 5) is 10.4. The summed E-state index contributed by atoms with van der Waals surface area (Å²) in [6.45, 7) is 5.01. The maximum absolute atomic E-state index is 10.4. The number of carbonyl (C=O) groups is 1. The first-order valence-corrected chi connectivity index (χ1v) is 3.66. The summed E-state index contributed by atoms with van der Waals surface area (Å²) < 4.78 is 9.66. The number of esters is 1. The fourth-order valence-electron chi connectivity index (χ4n) is 0.736. The van der Waals surface area contributed by atoms with Gasteiger partial charge in [0.15, 0.2) is 0 Å². The summed E-state index contributed by atoms with van der Waals surface area (Å²) in [6, 6.07) is 0. The molecule has 0 saturated carbocycles. The lowest BCUT2D eigenvalue weighted by molar-refractivity contribution is -0.135. The molecule has 0 aromatic rings. The molecule has 0 unspecified atom stereocenters. The van der Waals surface area contributed by atoms with Crippen molar-refractivity contribution >= 4 is 5.97 Å². The van der Waals surface area contributed by atoms with Crippen molar-refractivity contribution in [2.75, 3.05) is 7.11 Å². The number of ether oxygens (including phenoxy) is 2. The van der Waals surface area contributed by atoms with Crippen LogP contribution >= 0.6 is 0 Å². The van der Waals surface area contributed by atoms with E-state index in [0.29, 0.717) is 5.76 Å². The summed E-state index contributed by atoms with van der Waals surface area (Å²) in [6.07, 6.45) is 3.18. The van der Waals surface area contributed by atoms with E-state index in [9.17, 15) is 4.79 Å². The molecule has 0 aliphatic rings. The van der Waals surface area contributed by atoms with E-state index in [1.807, 2.05) is 13.8 Å². The summed E-state index contributed by atoms with van der Waals surface area (Å²) in [5, 5.41) is 0. The van der Waals surface area contributed by atoms with E-state index in [1.165, 1.54) is 13.2 Å². The highest BCUT2D eigenvalue weighted by atomic mass is 16.5. The molecule has 0 aromatic carbocycles. The lowest BCUT2D eigenvalue weighted by Gasteiger charge is -2.04. The van der Waals surface area contributed by atoms with Gasteiger partial charge in [-0.3, -0.25) is 4.79 Å². The van der Waals surface area contributed by atoms with E-state index < -0.39 is 0 Å². The molecule has 12 heavy (non-hydrogen) atoms. The average molecular weight is 170 g/mol. The van der Waals surface area contributed by atoms with Gasteiger partial charge in [-0.05, 0) is 19.9 Å². The Morgan fingerprint density at radius 1 is 1.33 bits per heavy atom. The van der Waals surface area contributed by atoms with E-state index in [1.54, 1.807) is 13.2 Å². The summed E-state index contributed by atoms with van der Waals surface area (Å²) >= 11 is 0. The second-order valence-electron chi connectivity index (χ2n) is 2.27. The van der Waals surface area contributed by atoms with Crippen LogP contribution in [-0.2, 0) is 14.3 Å². The molecular weight excluding hydrogens is 156 g/mol. The Labute approximate surface area is 72.7 Å². The van der Waals surface area contributed by atoms with Gasteiger partial charge >= 0.3 is 5.97 Å². The molecule has 0 heterocycles. The number of rotatable bonds is 3. The van der Waals surface area contributed by atoms with E-state index in [-0.39, 0.29) is 5.97 Å². The van der Waals surface area contributed by atoms with Crippen molar-refractivity contribution in [3.63, 3.8) is 0 Å². The summed E-state index contributed by atoms with van der Waals surface area (Å²) in [5.41, 5.74) is 0.787. The van der Waals surface area contributed by atoms with Crippen molar-refractivity contribution in [3.05, 3.63) is 23.7 Å². The maximum Gasteiger partial charge on any atom is 0.307 e. The van der Waals surface area contributed by atoms with Crippen molar-refractivity contribution in [1.82, 2.24) is 0 Å². The minimum Gasteiger partial charge on any atom is -0.497 e. The zero-order valence-corrected chi connectivity index (χ0v) is 7.88. The molecule has 0 amide bonds. The van der Waals surface area contributed by atoms with Crippen LogP contribution in [0.25, 0.3) is 0 Å². The van der Waals surface area contributed by atoms with Gasteiger partial charge in [-0.1, -0.05) is 0 Å². The van der Waals surface area contributed by atoms with Crippen LogP contribution in [0.3, 0.4) is 0 Å². The molecule has 0 fully saturated rings. The monoisotopic (exact) mass is 170 g/mol. The molecule has 0 rings (SSSR count). The number of allylic oxidation sites excluding steroid dienone is 2. The lowest BCUT2D eigenvalue weighted by atomic mass is 10.3. The molecule has 0 aliphatic carbocycles. The maximum atomic E-state index is 10.4. The molecule has 0 aromatic heterocycles. The van der Waals surface area contributed by atoms with Gasteiger partial charge in [0.05, 0.1) is 7.11 Å². The van der Waals surface area contributed by atoms with Crippen molar-refractivity contribution in [2.45, 2.75) is 20.8 Å². The standard InChI is InChI=1S/C9H14O3/c1-5-9(11-4)7(2)6-12-8(3)10/h5-6H,1-4H3/b7-6+,9-5-. The Hall–Kier alpha value is -1.25. The highest BCUT2D eigenvalue weighted by Gasteiger charge is 1.98. The fourth-order valence-corrected chi connectivity index (χ4v) is 0.736. The minimum absolute atomic E-state index is 0.332. The van der Waals surface area contributed by atoms with Gasteiger partial charge in [-0.25, -0.2) is 0 Å². The summed E-state index contributed by atoms with van der Waals surface area (Å²) in [7, 11) is 1.57. The molecule has 0 bridgehead atoms. The van der Waals surface area contributed by atoms with Gasteiger partial charge in [0.2, 0.25) is 0 Å². The number of carbonyl (C=O) groups excluding carboxylic acids is 1. The van der Waals surface area contributed by atoms with Crippen LogP contribution in [0, 0.1) is 0 Å². The second kappa shape index (κ2) is 5.41. The van der Waals surface area contributed by atoms with E-state index in [4.69, 9.17) is 4.74 Å². The van der Waals surface area contributed by atoms with Crippen molar-refractivity contribution in [1.29, 1.82) is 0 Å². The van der Waals surface area contributed by atoms with Crippen LogP contribution in [-0.4, -0.2) is 13.1 Å². The van der Waals surface area contributed by atoms with Gasteiger partial charge in [0.25, 0.3) is 0 Å². The van der Waals surface area contributed by atoms with Crippen LogP contribution in [0.4, 0.5) is 0 Å². The molecule has 0 N–H and O–H groups in total. The molecule has 68 valence electrons. The van der Waals surface area contributed by atoms with Crippen LogP contribution in [0.5, 0.6) is 0 Å². The third kappa shape index (κ3) is 3.81. The third-order valence-corrected chi connectivity index (χ3v) is 1.27. The second-order valence-corrected chi connectivity index (χ2v) is 2.27. The molecule has 0 spiro atoms. The van der Waals surface area contributed by atoms with Crippen LogP contribution < -0.4 is 0 Å². The first kappa shape index (κ1) is 10.8. The van der Waals surface area contributed by atoms with Gasteiger partial charge in [0, 0.05) is 12.5 Å². The predicted molar refractivity (Wildman–Crippen MR) is 46.3 cm³/mol. The molecule has 0 atom stereocenters. The van der Waals surface area contributed by atoms with Gasteiger partial charge in [0.1, 0.15) is 12.0 Å². The van der Waals surface area contributed by atoms with Crippen LogP contribution in [0.1, 0.15) is 20.8 Å². The highest BCUT2D eigenvalue weighted by molar-refractivity contribution is 5.66. The first-order chi connectivity index (χ1) is 5.61.